The normalized spacial score (nSPS) is 24.0. The zero-order valence-corrected chi connectivity index (χ0v) is 21.2. The second kappa shape index (κ2) is 14.5. The molecule has 36 heavy (non-hydrogen) atoms. The molecule has 5 atom stereocenters. The Morgan fingerprint density at radius 3 is 1.72 bits per heavy atom. The van der Waals surface area contributed by atoms with E-state index in [0.29, 0.717) is 19.8 Å². The summed E-state index contributed by atoms with van der Waals surface area (Å²) in [7, 11) is -0.441. The Kier molecular flexibility index (Phi) is 10.8. The van der Waals surface area contributed by atoms with Crippen LogP contribution in [-0.2, 0) is 48.0 Å². The highest BCUT2D eigenvalue weighted by Crippen LogP contribution is 2.49. The molecule has 1 aliphatic rings. The quantitative estimate of drug-likeness (QED) is 0.255. The van der Waals surface area contributed by atoms with Crippen molar-refractivity contribution in [2.24, 2.45) is 0 Å². The molecule has 1 heterocycles. The fourth-order valence-electron chi connectivity index (χ4n) is 3.96. The molecule has 3 aromatic carbocycles. The van der Waals surface area contributed by atoms with Crippen molar-refractivity contribution in [3.8, 4) is 0 Å². The molecule has 192 valence electrons. The summed E-state index contributed by atoms with van der Waals surface area (Å²) in [6.45, 7) is 1.35. The van der Waals surface area contributed by atoms with Crippen LogP contribution in [-0.4, -0.2) is 49.6 Å². The minimum atomic E-state index is -1.98. The molecule has 0 radical (unpaired) electrons. The average Bonchev–Trinajstić information content (AvgIpc) is 2.92. The SMILES string of the molecule is COCO[C@@H]1[C@@H](OCc2ccccc2)[C@H](OCc2ccccc2)[C@@H](COCc2ccccc2)O[P@@]1O. The lowest BCUT2D eigenvalue weighted by molar-refractivity contribution is -0.196. The third-order valence-electron chi connectivity index (χ3n) is 5.75. The first kappa shape index (κ1) is 26.9. The highest BCUT2D eigenvalue weighted by atomic mass is 31.2. The van der Waals surface area contributed by atoms with Gasteiger partial charge in [0.1, 0.15) is 25.1 Å². The molecule has 0 saturated carbocycles. The smallest absolute Gasteiger partial charge is 0.202 e. The van der Waals surface area contributed by atoms with Crippen molar-refractivity contribution < 1.29 is 33.1 Å². The second-order valence-electron chi connectivity index (χ2n) is 8.43. The fraction of sp³-hybridized carbons (Fsp3) is 0.357. The van der Waals surface area contributed by atoms with Crippen molar-refractivity contribution in [1.82, 2.24) is 0 Å². The summed E-state index contributed by atoms with van der Waals surface area (Å²) in [5.41, 5.74) is 3.09. The lowest BCUT2D eigenvalue weighted by atomic mass is 10.1. The second-order valence-corrected chi connectivity index (χ2v) is 9.76. The van der Waals surface area contributed by atoms with Crippen LogP contribution in [0.25, 0.3) is 0 Å². The first-order valence-electron chi connectivity index (χ1n) is 11.9. The van der Waals surface area contributed by atoms with Gasteiger partial charge in [0.2, 0.25) is 8.38 Å². The Labute approximate surface area is 213 Å². The van der Waals surface area contributed by atoms with Crippen molar-refractivity contribution >= 4 is 8.38 Å². The van der Waals surface area contributed by atoms with E-state index in [1.807, 2.05) is 91.0 Å². The summed E-state index contributed by atoms with van der Waals surface area (Å²) < 4.78 is 35.7. The molecular formula is C28H33O7P. The molecular weight excluding hydrogens is 479 g/mol. The molecule has 3 aromatic rings. The van der Waals surface area contributed by atoms with Crippen LogP contribution in [0.15, 0.2) is 91.0 Å². The molecule has 7 nitrogen and oxygen atoms in total. The van der Waals surface area contributed by atoms with Gasteiger partial charge in [-0.2, -0.15) is 0 Å². The molecule has 0 unspecified atom stereocenters. The first-order valence-corrected chi connectivity index (χ1v) is 13.2. The van der Waals surface area contributed by atoms with Gasteiger partial charge in [-0.1, -0.05) is 91.0 Å². The summed E-state index contributed by atoms with van der Waals surface area (Å²) in [6.07, 6.45) is -1.69. The van der Waals surface area contributed by atoms with Gasteiger partial charge >= 0.3 is 0 Å². The highest BCUT2D eigenvalue weighted by molar-refractivity contribution is 7.47. The van der Waals surface area contributed by atoms with Crippen LogP contribution in [0.4, 0.5) is 0 Å². The minimum absolute atomic E-state index is 0.000798. The van der Waals surface area contributed by atoms with Gasteiger partial charge in [0.15, 0.2) is 5.85 Å². The zero-order chi connectivity index (χ0) is 25.0. The number of rotatable bonds is 13. The maximum atomic E-state index is 10.9. The van der Waals surface area contributed by atoms with E-state index in [1.54, 1.807) is 0 Å². The maximum Gasteiger partial charge on any atom is 0.202 e. The van der Waals surface area contributed by atoms with Crippen LogP contribution in [0, 0.1) is 0 Å². The van der Waals surface area contributed by atoms with Crippen molar-refractivity contribution in [2.45, 2.75) is 44.0 Å². The molecule has 1 aliphatic heterocycles. The molecule has 0 aliphatic carbocycles. The average molecular weight is 513 g/mol. The van der Waals surface area contributed by atoms with Gasteiger partial charge in [-0.05, 0) is 16.7 Å². The van der Waals surface area contributed by atoms with E-state index in [9.17, 15) is 4.89 Å². The fourth-order valence-corrected chi connectivity index (χ4v) is 5.23. The van der Waals surface area contributed by atoms with Gasteiger partial charge in [-0.15, -0.1) is 0 Å². The predicted octanol–water partition coefficient (Wildman–Crippen LogP) is 5.02. The van der Waals surface area contributed by atoms with E-state index >= 15 is 0 Å². The highest BCUT2D eigenvalue weighted by Gasteiger charge is 2.48. The lowest BCUT2D eigenvalue weighted by Gasteiger charge is -2.43. The molecule has 1 fully saturated rings. The standard InChI is InChI=1S/C28H33O7P/c1-30-21-34-28-27(33-19-24-15-9-4-10-16-24)26(32-18-23-13-7-3-8-14-23)25(35-36(28)29)20-31-17-22-11-5-2-6-12-22/h2-16,25-29H,17-21H2,1H3/t25-,26-,27+,28+,36-/m1/s1. The predicted molar refractivity (Wildman–Crippen MR) is 137 cm³/mol. The van der Waals surface area contributed by atoms with Gasteiger partial charge in [-0.3, -0.25) is 0 Å². The Hall–Kier alpha value is -2.19. The lowest BCUT2D eigenvalue weighted by Crippen LogP contribution is -2.54. The molecule has 1 saturated heterocycles. The third kappa shape index (κ3) is 7.90. The van der Waals surface area contributed by atoms with Gasteiger partial charge in [0.25, 0.3) is 0 Å². The summed E-state index contributed by atoms with van der Waals surface area (Å²) in [6, 6.07) is 29.7. The Balaban J connectivity index is 1.51. The third-order valence-corrected chi connectivity index (χ3v) is 7.12. The van der Waals surface area contributed by atoms with E-state index in [2.05, 4.69) is 0 Å². The van der Waals surface area contributed by atoms with Crippen LogP contribution in [0.5, 0.6) is 0 Å². The first-order chi connectivity index (χ1) is 17.7. The van der Waals surface area contributed by atoms with Crippen LogP contribution < -0.4 is 0 Å². The van der Waals surface area contributed by atoms with Crippen molar-refractivity contribution in [1.29, 1.82) is 0 Å². The van der Waals surface area contributed by atoms with Crippen LogP contribution in [0.2, 0.25) is 0 Å². The molecule has 0 bridgehead atoms. The number of benzene rings is 3. The summed E-state index contributed by atoms with van der Waals surface area (Å²) in [5, 5.41) is 0. The van der Waals surface area contributed by atoms with Gasteiger partial charge < -0.3 is 33.1 Å². The molecule has 1 N–H and O–H groups in total. The Bertz CT molecular complexity index is 993. The van der Waals surface area contributed by atoms with E-state index in [0.717, 1.165) is 16.7 Å². The van der Waals surface area contributed by atoms with Crippen LogP contribution in [0.1, 0.15) is 16.7 Å². The van der Waals surface area contributed by atoms with Crippen LogP contribution in [0.3, 0.4) is 0 Å². The largest absolute Gasteiger partial charge is 0.374 e. The van der Waals surface area contributed by atoms with E-state index in [-0.39, 0.29) is 13.4 Å². The molecule has 0 aromatic heterocycles. The number of hydrogen-bond donors (Lipinski definition) is 1. The molecule has 8 heteroatoms. The summed E-state index contributed by atoms with van der Waals surface area (Å²) in [5.74, 6) is -0.741. The zero-order valence-electron chi connectivity index (χ0n) is 20.3. The maximum absolute atomic E-state index is 10.9. The van der Waals surface area contributed by atoms with E-state index < -0.39 is 32.5 Å². The Morgan fingerprint density at radius 2 is 1.19 bits per heavy atom. The van der Waals surface area contributed by atoms with E-state index in [1.165, 1.54) is 7.11 Å². The number of methoxy groups -OCH3 is 1. The van der Waals surface area contributed by atoms with Gasteiger partial charge in [0, 0.05) is 7.11 Å². The van der Waals surface area contributed by atoms with Crippen molar-refractivity contribution in [3.05, 3.63) is 108 Å². The number of ether oxygens (including phenoxy) is 5. The molecule has 0 amide bonds. The monoisotopic (exact) mass is 512 g/mol. The van der Waals surface area contributed by atoms with Gasteiger partial charge in [-0.25, -0.2) is 0 Å². The molecule has 0 spiro atoms. The van der Waals surface area contributed by atoms with Crippen LogP contribution >= 0.6 is 8.38 Å². The van der Waals surface area contributed by atoms with Crippen molar-refractivity contribution in [2.75, 3.05) is 20.5 Å². The Morgan fingerprint density at radius 1 is 0.694 bits per heavy atom. The minimum Gasteiger partial charge on any atom is -0.374 e. The summed E-state index contributed by atoms with van der Waals surface area (Å²) in [4.78, 5) is 10.9. The van der Waals surface area contributed by atoms with Gasteiger partial charge in [0.05, 0.1) is 26.4 Å². The summed E-state index contributed by atoms with van der Waals surface area (Å²) >= 11 is 0. The number of hydrogen-bond acceptors (Lipinski definition) is 7. The molecule has 4 rings (SSSR count). The van der Waals surface area contributed by atoms with E-state index in [4.69, 9.17) is 28.2 Å². The topological polar surface area (TPSA) is 75.6 Å². The van der Waals surface area contributed by atoms with Crippen molar-refractivity contribution in [3.63, 3.8) is 0 Å².